The fraction of sp³-hybridized carbons (Fsp3) is 0.615. The molecule has 6 nitrogen and oxygen atoms in total. The molecule has 0 spiro atoms. The summed E-state index contributed by atoms with van der Waals surface area (Å²) < 4.78 is 1.95. The summed E-state index contributed by atoms with van der Waals surface area (Å²) in [6, 6.07) is 0.0661. The van der Waals surface area contributed by atoms with Crippen molar-refractivity contribution >= 4 is 11.6 Å². The molecule has 2 heterocycles. The molecule has 0 bridgehead atoms. The van der Waals surface area contributed by atoms with Crippen LogP contribution in [0.4, 0.5) is 0 Å². The molecule has 0 saturated carbocycles. The standard InChI is InChI=1S/C13H21ClN6/c1-4-6-15-10(13-16-8-17-18-13)7-11-12(14)9(3)19-20(11)5-2/h8,10,15H,4-7H2,1-3H3,(H,16,17,18). The summed E-state index contributed by atoms with van der Waals surface area (Å²) in [4.78, 5) is 4.26. The third-order valence-corrected chi connectivity index (χ3v) is 3.75. The van der Waals surface area contributed by atoms with Crippen LogP contribution in [-0.4, -0.2) is 31.5 Å². The van der Waals surface area contributed by atoms with E-state index in [1.807, 2.05) is 11.6 Å². The Hall–Kier alpha value is -1.40. The van der Waals surface area contributed by atoms with Crippen LogP contribution in [0.2, 0.25) is 5.02 Å². The minimum Gasteiger partial charge on any atom is -0.307 e. The third-order valence-electron chi connectivity index (χ3n) is 3.25. The Morgan fingerprint density at radius 3 is 2.85 bits per heavy atom. The molecule has 0 aromatic carbocycles. The Kier molecular flexibility index (Phi) is 5.14. The average Bonchev–Trinajstić information content (AvgIpc) is 3.06. The highest BCUT2D eigenvalue weighted by molar-refractivity contribution is 6.31. The molecule has 0 aliphatic heterocycles. The fourth-order valence-electron chi connectivity index (χ4n) is 2.22. The molecule has 7 heteroatoms. The number of rotatable bonds is 7. The minimum absolute atomic E-state index is 0.0661. The predicted molar refractivity (Wildman–Crippen MR) is 78.8 cm³/mol. The van der Waals surface area contributed by atoms with E-state index < -0.39 is 0 Å². The molecule has 2 aromatic rings. The largest absolute Gasteiger partial charge is 0.307 e. The number of halogens is 1. The van der Waals surface area contributed by atoms with E-state index in [4.69, 9.17) is 11.6 Å². The van der Waals surface area contributed by atoms with Gasteiger partial charge in [-0.25, -0.2) is 4.98 Å². The molecular weight excluding hydrogens is 276 g/mol. The van der Waals surface area contributed by atoms with Crippen molar-refractivity contribution in [2.45, 2.75) is 46.2 Å². The normalized spacial score (nSPS) is 12.8. The van der Waals surface area contributed by atoms with E-state index in [1.165, 1.54) is 6.33 Å². The van der Waals surface area contributed by atoms with Crippen LogP contribution in [0, 0.1) is 6.92 Å². The fourth-order valence-corrected chi connectivity index (χ4v) is 2.44. The second kappa shape index (κ2) is 6.85. The highest BCUT2D eigenvalue weighted by Gasteiger charge is 2.20. The predicted octanol–water partition coefficient (Wildman–Crippen LogP) is 2.27. The van der Waals surface area contributed by atoms with E-state index in [-0.39, 0.29) is 6.04 Å². The molecule has 0 saturated heterocycles. The maximum absolute atomic E-state index is 6.37. The molecule has 2 aromatic heterocycles. The monoisotopic (exact) mass is 296 g/mol. The lowest BCUT2D eigenvalue weighted by Gasteiger charge is -2.16. The van der Waals surface area contributed by atoms with Crippen LogP contribution in [0.15, 0.2) is 6.33 Å². The Morgan fingerprint density at radius 2 is 2.25 bits per heavy atom. The first-order valence-electron chi connectivity index (χ1n) is 6.97. The maximum atomic E-state index is 6.37. The summed E-state index contributed by atoms with van der Waals surface area (Å²) in [6.07, 6.45) is 3.33. The zero-order chi connectivity index (χ0) is 14.5. The van der Waals surface area contributed by atoms with Gasteiger partial charge in [-0.05, 0) is 26.8 Å². The van der Waals surface area contributed by atoms with Crippen molar-refractivity contribution in [2.24, 2.45) is 0 Å². The van der Waals surface area contributed by atoms with E-state index in [2.05, 4.69) is 39.4 Å². The summed E-state index contributed by atoms with van der Waals surface area (Å²) in [6.45, 7) is 7.86. The van der Waals surface area contributed by atoms with Crippen LogP contribution in [0.25, 0.3) is 0 Å². The first-order valence-corrected chi connectivity index (χ1v) is 7.35. The van der Waals surface area contributed by atoms with Gasteiger partial charge in [0.2, 0.25) is 0 Å². The van der Waals surface area contributed by atoms with Crippen molar-refractivity contribution in [3.05, 3.63) is 28.6 Å². The van der Waals surface area contributed by atoms with E-state index >= 15 is 0 Å². The van der Waals surface area contributed by atoms with Gasteiger partial charge in [0.1, 0.15) is 12.2 Å². The Balaban J connectivity index is 2.23. The van der Waals surface area contributed by atoms with Gasteiger partial charge >= 0.3 is 0 Å². The van der Waals surface area contributed by atoms with Crippen molar-refractivity contribution in [1.82, 2.24) is 30.3 Å². The van der Waals surface area contributed by atoms with Gasteiger partial charge in [-0.2, -0.15) is 10.2 Å². The first-order chi connectivity index (χ1) is 9.67. The molecule has 20 heavy (non-hydrogen) atoms. The van der Waals surface area contributed by atoms with Crippen molar-refractivity contribution in [1.29, 1.82) is 0 Å². The SMILES string of the molecule is CCCNC(Cc1c(Cl)c(C)nn1CC)c1ncn[nH]1. The smallest absolute Gasteiger partial charge is 0.141 e. The molecule has 0 aliphatic rings. The van der Waals surface area contributed by atoms with Crippen molar-refractivity contribution in [2.75, 3.05) is 6.54 Å². The zero-order valence-corrected chi connectivity index (χ0v) is 12.9. The van der Waals surface area contributed by atoms with Crippen LogP contribution in [0.5, 0.6) is 0 Å². The second-order valence-corrected chi connectivity index (χ2v) is 5.12. The minimum atomic E-state index is 0.0661. The topological polar surface area (TPSA) is 71.4 Å². The lowest BCUT2D eigenvalue weighted by atomic mass is 10.1. The van der Waals surface area contributed by atoms with E-state index in [1.54, 1.807) is 0 Å². The molecule has 110 valence electrons. The quantitative estimate of drug-likeness (QED) is 0.822. The number of nitrogens with one attached hydrogen (secondary N) is 2. The maximum Gasteiger partial charge on any atom is 0.141 e. The van der Waals surface area contributed by atoms with Crippen LogP contribution in [0.1, 0.15) is 43.5 Å². The Bertz CT molecular complexity index is 533. The van der Waals surface area contributed by atoms with Gasteiger partial charge in [0.15, 0.2) is 0 Å². The van der Waals surface area contributed by atoms with E-state index in [0.717, 1.165) is 48.2 Å². The lowest BCUT2D eigenvalue weighted by Crippen LogP contribution is -2.26. The molecule has 0 fully saturated rings. The summed E-state index contributed by atoms with van der Waals surface area (Å²) in [5, 5.41) is 15.5. The first kappa shape index (κ1) is 15.0. The molecule has 2 N–H and O–H groups in total. The van der Waals surface area contributed by atoms with Gasteiger partial charge in [-0.3, -0.25) is 9.78 Å². The van der Waals surface area contributed by atoms with Gasteiger partial charge < -0.3 is 5.32 Å². The summed E-state index contributed by atoms with van der Waals surface area (Å²) in [7, 11) is 0. The second-order valence-electron chi connectivity index (χ2n) is 4.74. The summed E-state index contributed by atoms with van der Waals surface area (Å²) >= 11 is 6.37. The average molecular weight is 297 g/mol. The number of hydrogen-bond donors (Lipinski definition) is 2. The number of aromatic amines is 1. The molecular formula is C13H21ClN6. The number of hydrogen-bond acceptors (Lipinski definition) is 4. The van der Waals surface area contributed by atoms with Gasteiger partial charge in [0.25, 0.3) is 0 Å². The van der Waals surface area contributed by atoms with Crippen LogP contribution < -0.4 is 5.32 Å². The Morgan fingerprint density at radius 1 is 1.45 bits per heavy atom. The van der Waals surface area contributed by atoms with E-state index in [0.29, 0.717) is 0 Å². The molecule has 0 amide bonds. The van der Waals surface area contributed by atoms with Crippen molar-refractivity contribution in [3.63, 3.8) is 0 Å². The lowest BCUT2D eigenvalue weighted by molar-refractivity contribution is 0.484. The number of H-pyrrole nitrogens is 1. The highest BCUT2D eigenvalue weighted by Crippen LogP contribution is 2.25. The third kappa shape index (κ3) is 3.19. The molecule has 0 aliphatic carbocycles. The van der Waals surface area contributed by atoms with Crippen LogP contribution in [-0.2, 0) is 13.0 Å². The van der Waals surface area contributed by atoms with Crippen molar-refractivity contribution < 1.29 is 0 Å². The summed E-state index contributed by atoms with van der Waals surface area (Å²) in [5.74, 6) is 0.830. The number of aromatic nitrogens is 5. The molecule has 0 radical (unpaired) electrons. The van der Waals surface area contributed by atoms with Gasteiger partial charge in [-0.1, -0.05) is 18.5 Å². The summed E-state index contributed by atoms with van der Waals surface area (Å²) in [5.41, 5.74) is 1.91. The number of nitrogens with zero attached hydrogens (tertiary/aromatic N) is 4. The molecule has 1 unspecified atom stereocenters. The molecule has 1 atom stereocenters. The van der Waals surface area contributed by atoms with Crippen LogP contribution >= 0.6 is 11.6 Å². The van der Waals surface area contributed by atoms with Crippen LogP contribution in [0.3, 0.4) is 0 Å². The van der Waals surface area contributed by atoms with Gasteiger partial charge in [0, 0.05) is 13.0 Å². The number of aryl methyl sites for hydroxylation is 2. The van der Waals surface area contributed by atoms with Gasteiger partial charge in [-0.15, -0.1) is 0 Å². The molecule has 2 rings (SSSR count). The Labute approximate surface area is 123 Å². The van der Waals surface area contributed by atoms with Gasteiger partial charge in [0.05, 0.1) is 22.5 Å². The zero-order valence-electron chi connectivity index (χ0n) is 12.1. The van der Waals surface area contributed by atoms with E-state index in [9.17, 15) is 0 Å². The highest BCUT2D eigenvalue weighted by atomic mass is 35.5. The van der Waals surface area contributed by atoms with Crippen molar-refractivity contribution in [3.8, 4) is 0 Å².